The summed E-state index contributed by atoms with van der Waals surface area (Å²) >= 11 is 5.04. The van der Waals surface area contributed by atoms with Crippen molar-refractivity contribution in [1.29, 1.82) is 0 Å². The Labute approximate surface area is 181 Å². The van der Waals surface area contributed by atoms with Crippen LogP contribution in [0.2, 0.25) is 0 Å². The Balaban J connectivity index is 1.35. The minimum atomic E-state index is 0.489. The summed E-state index contributed by atoms with van der Waals surface area (Å²) in [4.78, 5) is 5.85. The lowest BCUT2D eigenvalue weighted by atomic mass is 9.95. The highest BCUT2D eigenvalue weighted by molar-refractivity contribution is 7.98. The van der Waals surface area contributed by atoms with Crippen molar-refractivity contribution in [1.82, 2.24) is 24.9 Å². The maximum absolute atomic E-state index is 5.41. The van der Waals surface area contributed by atoms with Crippen LogP contribution < -0.4 is 0 Å². The van der Waals surface area contributed by atoms with Crippen LogP contribution in [-0.2, 0) is 12.2 Å². The van der Waals surface area contributed by atoms with E-state index in [-0.39, 0.29) is 0 Å². The molecule has 4 heterocycles. The molecular formula is C20H21N5OS3. The quantitative estimate of drug-likeness (QED) is 0.334. The van der Waals surface area contributed by atoms with E-state index in [4.69, 9.17) is 4.52 Å². The van der Waals surface area contributed by atoms with Gasteiger partial charge in [0.1, 0.15) is 5.82 Å². The van der Waals surface area contributed by atoms with E-state index in [1.54, 1.807) is 34.4 Å². The van der Waals surface area contributed by atoms with Crippen molar-refractivity contribution in [2.45, 2.75) is 55.5 Å². The summed E-state index contributed by atoms with van der Waals surface area (Å²) in [6, 6.07) is 6.75. The molecule has 0 aromatic carbocycles. The van der Waals surface area contributed by atoms with Crippen LogP contribution in [0.15, 0.2) is 44.0 Å². The van der Waals surface area contributed by atoms with Gasteiger partial charge in [0.25, 0.3) is 5.89 Å². The predicted molar refractivity (Wildman–Crippen MR) is 116 cm³/mol. The van der Waals surface area contributed by atoms with Crippen molar-refractivity contribution in [3.63, 3.8) is 0 Å². The van der Waals surface area contributed by atoms with E-state index in [1.165, 1.54) is 37.0 Å². The minimum Gasteiger partial charge on any atom is -0.334 e. The van der Waals surface area contributed by atoms with Gasteiger partial charge in [-0.15, -0.1) is 21.5 Å². The molecule has 1 aliphatic carbocycles. The van der Waals surface area contributed by atoms with E-state index < -0.39 is 0 Å². The Hall–Kier alpha value is -1.97. The van der Waals surface area contributed by atoms with E-state index in [0.717, 1.165) is 23.0 Å². The zero-order chi connectivity index (χ0) is 19.5. The fourth-order valence-corrected chi connectivity index (χ4v) is 5.95. The molecule has 5 rings (SSSR count). The van der Waals surface area contributed by atoms with Crippen LogP contribution in [0.3, 0.4) is 0 Å². The third kappa shape index (κ3) is 4.31. The Morgan fingerprint density at radius 1 is 1.14 bits per heavy atom. The molecule has 0 bridgehead atoms. The SMILES string of the molecule is c1csc(Cc2nnc(SCc3noc(-c4ccsc4)n3)n2C2CCCCC2)c1. The summed E-state index contributed by atoms with van der Waals surface area (Å²) in [7, 11) is 0. The zero-order valence-corrected chi connectivity index (χ0v) is 18.3. The molecule has 0 N–H and O–H groups in total. The molecule has 150 valence electrons. The van der Waals surface area contributed by atoms with Crippen LogP contribution in [0.25, 0.3) is 11.5 Å². The van der Waals surface area contributed by atoms with Gasteiger partial charge >= 0.3 is 0 Å². The van der Waals surface area contributed by atoms with Crippen LogP contribution >= 0.6 is 34.4 Å². The highest BCUT2D eigenvalue weighted by Gasteiger charge is 2.24. The number of hydrogen-bond acceptors (Lipinski definition) is 8. The lowest BCUT2D eigenvalue weighted by Crippen LogP contribution is -2.16. The molecule has 4 aromatic rings. The zero-order valence-electron chi connectivity index (χ0n) is 15.9. The van der Waals surface area contributed by atoms with Crippen molar-refractivity contribution in [3.05, 3.63) is 50.9 Å². The van der Waals surface area contributed by atoms with Gasteiger partial charge < -0.3 is 9.09 Å². The van der Waals surface area contributed by atoms with Gasteiger partial charge in [-0.2, -0.15) is 16.3 Å². The van der Waals surface area contributed by atoms with Crippen LogP contribution in [0.4, 0.5) is 0 Å². The molecule has 0 spiro atoms. The van der Waals surface area contributed by atoms with Crippen LogP contribution in [0.5, 0.6) is 0 Å². The molecule has 0 atom stereocenters. The van der Waals surface area contributed by atoms with Crippen molar-refractivity contribution < 1.29 is 4.52 Å². The first kappa shape index (κ1) is 19.0. The van der Waals surface area contributed by atoms with Gasteiger partial charge in [-0.25, -0.2) is 0 Å². The third-order valence-electron chi connectivity index (χ3n) is 5.15. The molecule has 1 aliphatic rings. The molecule has 1 fully saturated rings. The van der Waals surface area contributed by atoms with Crippen LogP contribution in [0.1, 0.15) is 54.7 Å². The maximum Gasteiger partial charge on any atom is 0.258 e. The smallest absolute Gasteiger partial charge is 0.258 e. The number of aromatic nitrogens is 5. The summed E-state index contributed by atoms with van der Waals surface area (Å²) in [5.74, 6) is 2.95. The summed E-state index contributed by atoms with van der Waals surface area (Å²) in [6.45, 7) is 0. The number of thioether (sulfide) groups is 1. The lowest BCUT2D eigenvalue weighted by molar-refractivity contribution is 0.330. The van der Waals surface area contributed by atoms with E-state index in [0.29, 0.717) is 23.5 Å². The number of hydrogen-bond donors (Lipinski definition) is 0. The molecule has 0 radical (unpaired) electrons. The first-order chi connectivity index (χ1) is 14.4. The van der Waals surface area contributed by atoms with Gasteiger partial charge in [0.05, 0.1) is 11.3 Å². The molecule has 0 amide bonds. The topological polar surface area (TPSA) is 69.6 Å². The minimum absolute atomic E-state index is 0.489. The van der Waals surface area contributed by atoms with Gasteiger partial charge in [-0.3, -0.25) is 0 Å². The average molecular weight is 444 g/mol. The normalized spacial score (nSPS) is 15.2. The maximum atomic E-state index is 5.41. The van der Waals surface area contributed by atoms with Crippen molar-refractivity contribution in [2.24, 2.45) is 0 Å². The molecule has 0 saturated heterocycles. The number of thiophene rings is 2. The Morgan fingerprint density at radius 3 is 2.86 bits per heavy atom. The third-order valence-corrected chi connectivity index (χ3v) is 7.65. The number of rotatable bonds is 7. The van der Waals surface area contributed by atoms with Gasteiger partial charge in [-0.05, 0) is 35.7 Å². The predicted octanol–water partition coefficient (Wildman–Crippen LogP) is 5.84. The Kier molecular flexibility index (Phi) is 5.78. The van der Waals surface area contributed by atoms with Crippen molar-refractivity contribution in [2.75, 3.05) is 0 Å². The monoisotopic (exact) mass is 443 g/mol. The Morgan fingerprint density at radius 2 is 2.07 bits per heavy atom. The molecule has 6 nitrogen and oxygen atoms in total. The van der Waals surface area contributed by atoms with Crippen LogP contribution in [-0.4, -0.2) is 24.9 Å². The molecule has 0 unspecified atom stereocenters. The summed E-state index contributed by atoms with van der Waals surface area (Å²) in [5, 5.41) is 20.3. The number of nitrogens with zero attached hydrogens (tertiary/aromatic N) is 5. The highest BCUT2D eigenvalue weighted by atomic mass is 32.2. The average Bonchev–Trinajstić information content (AvgIpc) is 3.54. The summed E-state index contributed by atoms with van der Waals surface area (Å²) in [5.41, 5.74) is 0.974. The second-order valence-electron chi connectivity index (χ2n) is 7.13. The molecule has 29 heavy (non-hydrogen) atoms. The first-order valence-corrected chi connectivity index (χ1v) is 12.6. The fourth-order valence-electron chi connectivity index (χ4n) is 3.75. The molecule has 0 aliphatic heterocycles. The Bertz CT molecular complexity index is 1030. The largest absolute Gasteiger partial charge is 0.334 e. The lowest BCUT2D eigenvalue weighted by Gasteiger charge is -2.25. The summed E-state index contributed by atoms with van der Waals surface area (Å²) in [6.07, 6.45) is 7.13. The van der Waals surface area contributed by atoms with E-state index >= 15 is 0 Å². The standard InChI is InChI=1S/C20H21N5OS3/c1-2-5-15(6-3-1)25-18(11-16-7-4-9-28-16)22-23-20(25)29-13-17-21-19(26-24-17)14-8-10-27-12-14/h4,7-10,12,15H,1-3,5-6,11,13H2. The van der Waals surface area contributed by atoms with Gasteiger partial charge in [0.2, 0.25) is 0 Å². The molecule has 9 heteroatoms. The van der Waals surface area contributed by atoms with E-state index in [9.17, 15) is 0 Å². The van der Waals surface area contributed by atoms with Gasteiger partial charge in [0.15, 0.2) is 11.0 Å². The van der Waals surface area contributed by atoms with Crippen molar-refractivity contribution in [3.8, 4) is 11.5 Å². The van der Waals surface area contributed by atoms with E-state index in [2.05, 4.69) is 42.4 Å². The first-order valence-electron chi connectivity index (χ1n) is 9.81. The highest BCUT2D eigenvalue weighted by Crippen LogP contribution is 2.34. The molecule has 4 aromatic heterocycles. The second-order valence-corrected chi connectivity index (χ2v) is 9.89. The van der Waals surface area contributed by atoms with Gasteiger partial charge in [-0.1, -0.05) is 42.2 Å². The summed E-state index contributed by atoms with van der Waals surface area (Å²) < 4.78 is 7.79. The second kappa shape index (κ2) is 8.81. The fraction of sp³-hybridized carbons (Fsp3) is 0.400. The molecular weight excluding hydrogens is 422 g/mol. The van der Waals surface area contributed by atoms with Gasteiger partial charge in [0, 0.05) is 22.7 Å². The molecule has 1 saturated carbocycles. The van der Waals surface area contributed by atoms with Crippen LogP contribution in [0, 0.1) is 0 Å². The van der Waals surface area contributed by atoms with Crippen molar-refractivity contribution >= 4 is 34.4 Å². The van der Waals surface area contributed by atoms with E-state index in [1.807, 2.05) is 16.8 Å².